The molecular weight excluding hydrogens is 392 g/mol. The molecule has 2 aromatic carbocycles. The molecule has 3 rings (SSSR count). The molecule has 0 amide bonds. The highest BCUT2D eigenvalue weighted by Gasteiger charge is 2.30. The van der Waals surface area contributed by atoms with Gasteiger partial charge in [-0.15, -0.1) is 0 Å². The summed E-state index contributed by atoms with van der Waals surface area (Å²) in [6, 6.07) is 11.0. The van der Waals surface area contributed by atoms with Crippen LogP contribution in [0.2, 0.25) is 0 Å². The second-order valence-corrected chi connectivity index (χ2v) is 6.13. The molecule has 0 aliphatic carbocycles. The SMILES string of the molecule is Cc1cc(=O)c(C(=O)OCc2ccccc2F)nn1-c1cccc(C(F)(F)F)c1. The molecule has 0 radical (unpaired) electrons. The van der Waals surface area contributed by atoms with Gasteiger partial charge >= 0.3 is 12.1 Å². The van der Waals surface area contributed by atoms with Gasteiger partial charge in [-0.3, -0.25) is 4.79 Å². The van der Waals surface area contributed by atoms with Gasteiger partial charge in [0, 0.05) is 17.3 Å². The largest absolute Gasteiger partial charge is 0.456 e. The minimum atomic E-state index is -4.57. The number of alkyl halides is 3. The third kappa shape index (κ3) is 4.50. The highest BCUT2D eigenvalue weighted by Crippen LogP contribution is 2.30. The summed E-state index contributed by atoms with van der Waals surface area (Å²) in [6.07, 6.45) is -4.57. The van der Waals surface area contributed by atoms with E-state index in [1.54, 1.807) is 6.07 Å². The van der Waals surface area contributed by atoms with Gasteiger partial charge in [-0.25, -0.2) is 13.9 Å². The van der Waals surface area contributed by atoms with Crippen molar-refractivity contribution >= 4 is 5.97 Å². The van der Waals surface area contributed by atoms with E-state index >= 15 is 0 Å². The maximum atomic E-state index is 13.6. The molecule has 0 aliphatic rings. The van der Waals surface area contributed by atoms with Crippen molar-refractivity contribution in [2.24, 2.45) is 0 Å². The second kappa shape index (κ2) is 7.86. The Labute approximate surface area is 162 Å². The first-order valence-electron chi connectivity index (χ1n) is 8.36. The molecule has 0 spiro atoms. The molecule has 1 heterocycles. The normalized spacial score (nSPS) is 11.3. The monoisotopic (exact) mass is 406 g/mol. The van der Waals surface area contributed by atoms with E-state index in [2.05, 4.69) is 5.10 Å². The second-order valence-electron chi connectivity index (χ2n) is 6.13. The first-order chi connectivity index (χ1) is 13.7. The lowest BCUT2D eigenvalue weighted by Gasteiger charge is -2.13. The fraction of sp³-hybridized carbons (Fsp3) is 0.150. The van der Waals surface area contributed by atoms with Crippen LogP contribution >= 0.6 is 0 Å². The van der Waals surface area contributed by atoms with E-state index in [4.69, 9.17) is 4.74 Å². The summed E-state index contributed by atoms with van der Waals surface area (Å²) < 4.78 is 58.5. The zero-order valence-corrected chi connectivity index (χ0v) is 15.0. The molecule has 1 aromatic heterocycles. The molecule has 0 bridgehead atoms. The topological polar surface area (TPSA) is 61.2 Å². The summed E-state index contributed by atoms with van der Waals surface area (Å²) in [5.41, 5.74) is -1.95. The van der Waals surface area contributed by atoms with Crippen molar-refractivity contribution in [2.75, 3.05) is 0 Å². The minimum Gasteiger partial charge on any atom is -0.456 e. The third-order valence-electron chi connectivity index (χ3n) is 4.04. The van der Waals surface area contributed by atoms with Crippen molar-refractivity contribution in [3.63, 3.8) is 0 Å². The molecule has 3 aromatic rings. The Balaban J connectivity index is 1.93. The van der Waals surface area contributed by atoms with Crippen LogP contribution < -0.4 is 5.43 Å². The summed E-state index contributed by atoms with van der Waals surface area (Å²) in [5.74, 6) is -1.70. The first-order valence-corrected chi connectivity index (χ1v) is 8.36. The van der Waals surface area contributed by atoms with Gasteiger partial charge in [0.1, 0.15) is 12.4 Å². The zero-order valence-electron chi connectivity index (χ0n) is 15.0. The lowest BCUT2D eigenvalue weighted by Crippen LogP contribution is -2.24. The number of carbonyl (C=O) groups is 1. The van der Waals surface area contributed by atoms with Crippen LogP contribution in [0.3, 0.4) is 0 Å². The summed E-state index contributed by atoms with van der Waals surface area (Å²) in [6.45, 7) is 1.03. The van der Waals surface area contributed by atoms with Crippen LogP contribution in [-0.2, 0) is 17.5 Å². The highest BCUT2D eigenvalue weighted by atomic mass is 19.4. The molecule has 0 aliphatic heterocycles. The molecule has 29 heavy (non-hydrogen) atoms. The van der Waals surface area contributed by atoms with Gasteiger partial charge in [-0.2, -0.15) is 18.3 Å². The molecule has 0 saturated heterocycles. The number of benzene rings is 2. The number of aryl methyl sites for hydroxylation is 1. The van der Waals surface area contributed by atoms with Gasteiger partial charge in [-0.1, -0.05) is 24.3 Å². The van der Waals surface area contributed by atoms with E-state index in [-0.39, 0.29) is 16.9 Å². The average molecular weight is 406 g/mol. The molecule has 0 atom stereocenters. The summed E-state index contributed by atoms with van der Waals surface area (Å²) in [4.78, 5) is 24.4. The Morgan fingerprint density at radius 1 is 1.10 bits per heavy atom. The molecular formula is C20H14F4N2O3. The first kappa shape index (κ1) is 20.2. The molecule has 9 heteroatoms. The van der Waals surface area contributed by atoms with Gasteiger partial charge in [0.25, 0.3) is 0 Å². The number of aromatic nitrogens is 2. The van der Waals surface area contributed by atoms with Crippen LogP contribution in [-0.4, -0.2) is 15.7 Å². The van der Waals surface area contributed by atoms with Crippen molar-refractivity contribution in [2.45, 2.75) is 19.7 Å². The van der Waals surface area contributed by atoms with Crippen molar-refractivity contribution in [3.8, 4) is 5.69 Å². The van der Waals surface area contributed by atoms with Crippen molar-refractivity contribution in [3.05, 3.63) is 93.2 Å². The number of esters is 1. The number of halogens is 4. The predicted octanol–water partition coefficient (Wildman–Crippen LogP) is 4.06. The molecule has 0 N–H and O–H groups in total. The molecule has 0 saturated carbocycles. The lowest BCUT2D eigenvalue weighted by molar-refractivity contribution is -0.137. The van der Waals surface area contributed by atoms with Gasteiger partial charge in [-0.05, 0) is 31.2 Å². The molecule has 0 unspecified atom stereocenters. The van der Waals surface area contributed by atoms with E-state index in [9.17, 15) is 27.2 Å². The smallest absolute Gasteiger partial charge is 0.416 e. The number of rotatable bonds is 4. The van der Waals surface area contributed by atoms with Crippen LogP contribution in [0.25, 0.3) is 5.69 Å². The number of hydrogen-bond acceptors (Lipinski definition) is 4. The Kier molecular flexibility index (Phi) is 5.49. The standard InChI is InChI=1S/C20H14F4N2O3/c1-12-9-17(27)18(19(28)29-11-13-5-2-3-8-16(13)21)25-26(12)15-7-4-6-14(10-15)20(22,23)24/h2-10H,11H2,1H3. The Bertz CT molecular complexity index is 1120. The minimum absolute atomic E-state index is 0.0143. The lowest BCUT2D eigenvalue weighted by atomic mass is 10.2. The van der Waals surface area contributed by atoms with Crippen LogP contribution in [0.1, 0.15) is 27.3 Å². The van der Waals surface area contributed by atoms with Gasteiger partial charge in [0.2, 0.25) is 11.1 Å². The number of hydrogen-bond donors (Lipinski definition) is 0. The quantitative estimate of drug-likeness (QED) is 0.484. The summed E-state index contributed by atoms with van der Waals surface area (Å²) >= 11 is 0. The Morgan fingerprint density at radius 3 is 2.52 bits per heavy atom. The maximum Gasteiger partial charge on any atom is 0.416 e. The molecule has 0 fully saturated rings. The zero-order chi connectivity index (χ0) is 21.2. The average Bonchev–Trinajstić information content (AvgIpc) is 2.66. The fourth-order valence-corrected chi connectivity index (χ4v) is 2.59. The van der Waals surface area contributed by atoms with Crippen molar-refractivity contribution in [1.82, 2.24) is 9.78 Å². The third-order valence-corrected chi connectivity index (χ3v) is 4.04. The number of nitrogens with zero attached hydrogens (tertiary/aromatic N) is 2. The van der Waals surface area contributed by atoms with Gasteiger partial charge < -0.3 is 4.74 Å². The number of carbonyl (C=O) groups excluding carboxylic acids is 1. The van der Waals surface area contributed by atoms with E-state index in [1.807, 2.05) is 0 Å². The summed E-state index contributed by atoms with van der Waals surface area (Å²) in [7, 11) is 0. The molecule has 5 nitrogen and oxygen atoms in total. The van der Waals surface area contributed by atoms with E-state index in [0.717, 1.165) is 22.9 Å². The van der Waals surface area contributed by atoms with Crippen LogP contribution in [0.5, 0.6) is 0 Å². The van der Waals surface area contributed by atoms with Gasteiger partial charge in [0.15, 0.2) is 0 Å². The molecule has 150 valence electrons. The van der Waals surface area contributed by atoms with Crippen molar-refractivity contribution in [1.29, 1.82) is 0 Å². The fourth-order valence-electron chi connectivity index (χ4n) is 2.59. The number of ether oxygens (including phenoxy) is 1. The van der Waals surface area contributed by atoms with E-state index < -0.39 is 41.3 Å². The Hall–Kier alpha value is -3.49. The van der Waals surface area contributed by atoms with Crippen LogP contribution in [0.15, 0.2) is 59.4 Å². The van der Waals surface area contributed by atoms with Crippen molar-refractivity contribution < 1.29 is 27.1 Å². The van der Waals surface area contributed by atoms with Crippen LogP contribution in [0, 0.1) is 12.7 Å². The van der Waals surface area contributed by atoms with E-state index in [1.165, 1.54) is 37.3 Å². The predicted molar refractivity (Wildman–Crippen MR) is 95.1 cm³/mol. The highest BCUT2D eigenvalue weighted by molar-refractivity contribution is 5.86. The van der Waals surface area contributed by atoms with Crippen LogP contribution in [0.4, 0.5) is 17.6 Å². The van der Waals surface area contributed by atoms with Gasteiger partial charge in [0.05, 0.1) is 11.3 Å². The Morgan fingerprint density at radius 2 is 1.83 bits per heavy atom. The maximum absolute atomic E-state index is 13.6. The summed E-state index contributed by atoms with van der Waals surface area (Å²) in [5, 5.41) is 3.87. The van der Waals surface area contributed by atoms with E-state index in [0.29, 0.717) is 0 Å².